The third-order valence-electron chi connectivity index (χ3n) is 4.03. The van der Waals surface area contributed by atoms with Gasteiger partial charge in [-0.15, -0.1) is 0 Å². The van der Waals surface area contributed by atoms with Gasteiger partial charge in [0.05, 0.1) is 26.7 Å². The summed E-state index contributed by atoms with van der Waals surface area (Å²) in [4.78, 5) is 36.6. The summed E-state index contributed by atoms with van der Waals surface area (Å²) < 4.78 is 20.4. The minimum Gasteiger partial charge on any atom is -0.496 e. The van der Waals surface area contributed by atoms with E-state index >= 15 is 0 Å². The van der Waals surface area contributed by atoms with Gasteiger partial charge in [-0.3, -0.25) is 9.59 Å². The Bertz CT molecular complexity index is 1090. The molecule has 0 bridgehead atoms. The monoisotopic (exact) mass is 383 g/mol. The van der Waals surface area contributed by atoms with Crippen LogP contribution in [-0.4, -0.2) is 33.2 Å². The summed E-state index contributed by atoms with van der Waals surface area (Å²) >= 11 is 0. The Morgan fingerprint density at radius 2 is 1.64 bits per heavy atom. The maximum absolute atomic E-state index is 12.7. The predicted molar refractivity (Wildman–Crippen MR) is 101 cm³/mol. The van der Waals surface area contributed by atoms with Crippen molar-refractivity contribution in [3.05, 3.63) is 64.0 Å². The van der Waals surface area contributed by atoms with Gasteiger partial charge in [-0.25, -0.2) is 4.79 Å². The molecule has 3 rings (SSSR count). The van der Waals surface area contributed by atoms with E-state index in [0.29, 0.717) is 17.2 Å². The van der Waals surface area contributed by atoms with Crippen molar-refractivity contribution in [2.45, 2.75) is 0 Å². The average Bonchev–Trinajstić information content (AvgIpc) is 2.72. The van der Waals surface area contributed by atoms with Gasteiger partial charge in [0.2, 0.25) is 5.76 Å². The number of fused-ring (bicyclic) bond motifs is 1. The number of amides is 1. The topological polar surface area (TPSA) is 104 Å². The number of ether oxygens (including phenoxy) is 3. The number of rotatable bonds is 5. The standard InChI is InChI=1S/C20H17NO7/c1-25-15-5-4-6-16(26-2)18(15)19(23)21-11-7-8-14-12(9-11)13(22)10-17(28-14)20(24)27-3/h4-10H,1-3H3,(H,21,23). The Hall–Kier alpha value is -3.81. The van der Waals surface area contributed by atoms with Crippen molar-refractivity contribution >= 4 is 28.5 Å². The lowest BCUT2D eigenvalue weighted by atomic mass is 10.1. The van der Waals surface area contributed by atoms with Crippen LogP contribution in [0.2, 0.25) is 0 Å². The number of benzene rings is 2. The highest BCUT2D eigenvalue weighted by atomic mass is 16.5. The second-order valence-corrected chi connectivity index (χ2v) is 5.67. The first-order valence-corrected chi connectivity index (χ1v) is 8.17. The highest BCUT2D eigenvalue weighted by Crippen LogP contribution is 2.29. The Morgan fingerprint density at radius 1 is 0.964 bits per heavy atom. The lowest BCUT2D eigenvalue weighted by Crippen LogP contribution is -2.15. The molecule has 0 saturated carbocycles. The van der Waals surface area contributed by atoms with Crippen molar-refractivity contribution in [3.63, 3.8) is 0 Å². The second-order valence-electron chi connectivity index (χ2n) is 5.67. The van der Waals surface area contributed by atoms with Crippen LogP contribution in [0.25, 0.3) is 11.0 Å². The molecule has 2 aromatic carbocycles. The van der Waals surface area contributed by atoms with Gasteiger partial charge in [0.1, 0.15) is 22.6 Å². The number of hydrogen-bond acceptors (Lipinski definition) is 7. The van der Waals surface area contributed by atoms with E-state index in [9.17, 15) is 14.4 Å². The third-order valence-corrected chi connectivity index (χ3v) is 4.03. The fourth-order valence-electron chi connectivity index (χ4n) is 2.70. The quantitative estimate of drug-likeness (QED) is 0.676. The van der Waals surface area contributed by atoms with E-state index in [1.807, 2.05) is 0 Å². The minimum atomic E-state index is -0.750. The molecule has 144 valence electrons. The van der Waals surface area contributed by atoms with Crippen molar-refractivity contribution < 1.29 is 28.2 Å². The van der Waals surface area contributed by atoms with Crippen LogP contribution in [0.4, 0.5) is 5.69 Å². The summed E-state index contributed by atoms with van der Waals surface area (Å²) in [5, 5.41) is 2.91. The van der Waals surface area contributed by atoms with Crippen molar-refractivity contribution in [1.82, 2.24) is 0 Å². The Kier molecular flexibility index (Phi) is 5.30. The van der Waals surface area contributed by atoms with Gasteiger partial charge in [0, 0.05) is 11.8 Å². The third kappa shape index (κ3) is 3.52. The molecule has 0 aliphatic rings. The van der Waals surface area contributed by atoms with Crippen LogP contribution in [0, 0.1) is 0 Å². The Balaban J connectivity index is 1.98. The van der Waals surface area contributed by atoms with Crippen LogP contribution < -0.4 is 20.2 Å². The number of carbonyl (C=O) groups excluding carboxylic acids is 2. The molecule has 0 atom stereocenters. The van der Waals surface area contributed by atoms with Crippen molar-refractivity contribution in [2.75, 3.05) is 26.6 Å². The maximum atomic E-state index is 12.7. The summed E-state index contributed by atoms with van der Waals surface area (Å²) in [7, 11) is 4.09. The summed E-state index contributed by atoms with van der Waals surface area (Å²) in [5.41, 5.74) is 0.345. The highest BCUT2D eigenvalue weighted by Gasteiger charge is 2.19. The lowest BCUT2D eigenvalue weighted by molar-refractivity contribution is 0.0565. The first kappa shape index (κ1) is 19.0. The number of hydrogen-bond donors (Lipinski definition) is 1. The zero-order valence-electron chi connectivity index (χ0n) is 15.4. The lowest BCUT2D eigenvalue weighted by Gasteiger charge is -2.13. The highest BCUT2D eigenvalue weighted by molar-refractivity contribution is 6.08. The molecular formula is C20H17NO7. The number of methoxy groups -OCH3 is 3. The van der Waals surface area contributed by atoms with Crippen molar-refractivity contribution in [1.29, 1.82) is 0 Å². The summed E-state index contributed by atoms with van der Waals surface area (Å²) in [6.45, 7) is 0. The molecule has 0 fully saturated rings. The molecule has 0 saturated heterocycles. The fraction of sp³-hybridized carbons (Fsp3) is 0.150. The van der Waals surface area contributed by atoms with Crippen LogP contribution in [-0.2, 0) is 4.74 Å². The van der Waals surface area contributed by atoms with Crippen LogP contribution in [0.3, 0.4) is 0 Å². The van der Waals surface area contributed by atoms with E-state index in [2.05, 4.69) is 10.1 Å². The first-order valence-electron chi connectivity index (χ1n) is 8.17. The Labute approximate surface area is 159 Å². The molecule has 8 heteroatoms. The molecule has 1 N–H and O–H groups in total. The SMILES string of the molecule is COC(=O)c1cc(=O)c2cc(NC(=O)c3c(OC)cccc3OC)ccc2o1. The molecule has 1 amide bonds. The average molecular weight is 383 g/mol. The molecule has 0 spiro atoms. The molecule has 0 unspecified atom stereocenters. The van der Waals surface area contributed by atoms with E-state index in [1.165, 1.54) is 33.5 Å². The molecular weight excluding hydrogens is 366 g/mol. The van der Waals surface area contributed by atoms with E-state index in [0.717, 1.165) is 6.07 Å². The zero-order chi connectivity index (χ0) is 20.3. The van der Waals surface area contributed by atoms with Gasteiger partial charge in [-0.1, -0.05) is 6.07 Å². The van der Waals surface area contributed by atoms with E-state index < -0.39 is 17.3 Å². The van der Waals surface area contributed by atoms with Gasteiger partial charge in [0.15, 0.2) is 5.43 Å². The van der Waals surface area contributed by atoms with Gasteiger partial charge in [-0.05, 0) is 30.3 Å². The molecule has 0 aliphatic heterocycles. The number of nitrogens with one attached hydrogen (secondary N) is 1. The van der Waals surface area contributed by atoms with Gasteiger partial charge in [-0.2, -0.15) is 0 Å². The van der Waals surface area contributed by atoms with Gasteiger partial charge >= 0.3 is 5.97 Å². The Morgan fingerprint density at radius 3 is 2.25 bits per heavy atom. The summed E-state index contributed by atoms with van der Waals surface area (Å²) in [6, 6.07) is 10.5. The van der Waals surface area contributed by atoms with Crippen LogP contribution >= 0.6 is 0 Å². The minimum absolute atomic E-state index is 0.195. The molecule has 0 aliphatic carbocycles. The van der Waals surface area contributed by atoms with Crippen LogP contribution in [0.5, 0.6) is 11.5 Å². The summed E-state index contributed by atoms with van der Waals surface area (Å²) in [6.07, 6.45) is 0. The first-order chi connectivity index (χ1) is 13.5. The molecule has 1 heterocycles. The summed E-state index contributed by atoms with van der Waals surface area (Å²) in [5.74, 6) is -0.723. The molecule has 0 radical (unpaired) electrons. The molecule has 8 nitrogen and oxygen atoms in total. The predicted octanol–water partition coefficient (Wildman–Crippen LogP) is 2.85. The van der Waals surface area contributed by atoms with E-state index in [-0.39, 0.29) is 22.3 Å². The van der Waals surface area contributed by atoms with Crippen molar-refractivity contribution in [2.24, 2.45) is 0 Å². The largest absolute Gasteiger partial charge is 0.496 e. The smallest absolute Gasteiger partial charge is 0.374 e. The second kappa shape index (κ2) is 7.83. The van der Waals surface area contributed by atoms with E-state index in [1.54, 1.807) is 24.3 Å². The number of esters is 1. The number of carbonyl (C=O) groups is 2. The van der Waals surface area contributed by atoms with E-state index in [4.69, 9.17) is 13.9 Å². The molecule has 3 aromatic rings. The zero-order valence-corrected chi connectivity index (χ0v) is 15.4. The molecule has 28 heavy (non-hydrogen) atoms. The normalized spacial score (nSPS) is 10.4. The van der Waals surface area contributed by atoms with Gasteiger partial charge < -0.3 is 23.9 Å². The van der Waals surface area contributed by atoms with Crippen molar-refractivity contribution in [3.8, 4) is 11.5 Å². The number of anilines is 1. The maximum Gasteiger partial charge on any atom is 0.374 e. The van der Waals surface area contributed by atoms with Crippen LogP contribution in [0.15, 0.2) is 51.7 Å². The van der Waals surface area contributed by atoms with Gasteiger partial charge in [0.25, 0.3) is 5.91 Å². The molecule has 1 aromatic heterocycles. The van der Waals surface area contributed by atoms with Crippen LogP contribution in [0.1, 0.15) is 20.9 Å². The fourth-order valence-corrected chi connectivity index (χ4v) is 2.70.